The number of rotatable bonds is 7. The van der Waals surface area contributed by atoms with E-state index in [1.165, 1.54) is 22.9 Å². The van der Waals surface area contributed by atoms with E-state index in [1.807, 2.05) is 60.7 Å². The van der Waals surface area contributed by atoms with Crippen molar-refractivity contribution in [1.82, 2.24) is 25.0 Å². The van der Waals surface area contributed by atoms with Gasteiger partial charge in [-0.3, -0.25) is 4.57 Å². The van der Waals surface area contributed by atoms with E-state index in [4.69, 9.17) is 4.42 Å². The third-order valence-corrected chi connectivity index (χ3v) is 5.92. The van der Waals surface area contributed by atoms with Crippen molar-refractivity contribution >= 4 is 11.8 Å². The van der Waals surface area contributed by atoms with Gasteiger partial charge in [-0.1, -0.05) is 78.0 Å². The van der Waals surface area contributed by atoms with E-state index >= 15 is 0 Å². The zero-order valence-corrected chi connectivity index (χ0v) is 18.4. The summed E-state index contributed by atoms with van der Waals surface area (Å²) in [6.07, 6.45) is 0.696. The molecule has 2 aromatic heterocycles. The lowest BCUT2D eigenvalue weighted by Crippen LogP contribution is -2.03. The number of aromatic nitrogens is 5. The zero-order valence-electron chi connectivity index (χ0n) is 17.5. The predicted octanol–water partition coefficient (Wildman–Crippen LogP) is 5.51. The highest BCUT2D eigenvalue weighted by atomic mass is 32.2. The number of benzene rings is 3. The molecule has 0 radical (unpaired) electrons. The van der Waals surface area contributed by atoms with Crippen molar-refractivity contribution in [3.63, 3.8) is 0 Å². The molecule has 5 aromatic rings. The third-order valence-electron chi connectivity index (χ3n) is 5.01. The van der Waals surface area contributed by atoms with Gasteiger partial charge in [0.2, 0.25) is 11.8 Å². The van der Waals surface area contributed by atoms with Crippen molar-refractivity contribution in [3.05, 3.63) is 108 Å². The normalized spacial score (nSPS) is 11.0. The summed E-state index contributed by atoms with van der Waals surface area (Å²) in [6, 6.07) is 28.5. The molecule has 7 heteroatoms. The van der Waals surface area contributed by atoms with Crippen LogP contribution in [0.1, 0.15) is 22.8 Å². The highest BCUT2D eigenvalue weighted by Crippen LogP contribution is 2.27. The SMILES string of the molecule is Cc1ccc(-c2nnc(CSc3nnc(Cc4ccccc4)n3-c3ccccc3)o2)cc1. The molecule has 0 aliphatic heterocycles. The van der Waals surface area contributed by atoms with Crippen LogP contribution in [0.4, 0.5) is 0 Å². The van der Waals surface area contributed by atoms with Crippen LogP contribution in [0.25, 0.3) is 17.1 Å². The minimum absolute atomic E-state index is 0.509. The Kier molecular flexibility index (Phi) is 5.81. The quantitative estimate of drug-likeness (QED) is 0.312. The van der Waals surface area contributed by atoms with Gasteiger partial charge in [0, 0.05) is 17.7 Å². The van der Waals surface area contributed by atoms with Crippen LogP contribution in [0.2, 0.25) is 0 Å². The second kappa shape index (κ2) is 9.20. The van der Waals surface area contributed by atoms with Gasteiger partial charge in [0.15, 0.2) is 5.16 Å². The van der Waals surface area contributed by atoms with Crippen LogP contribution < -0.4 is 0 Å². The zero-order chi connectivity index (χ0) is 21.8. The molecule has 6 nitrogen and oxygen atoms in total. The minimum atomic E-state index is 0.509. The Labute approximate surface area is 190 Å². The summed E-state index contributed by atoms with van der Waals surface area (Å²) in [6.45, 7) is 2.05. The van der Waals surface area contributed by atoms with Crippen LogP contribution >= 0.6 is 11.8 Å². The summed E-state index contributed by atoms with van der Waals surface area (Å²) < 4.78 is 7.97. The molecule has 0 aliphatic carbocycles. The number of thioether (sulfide) groups is 1. The van der Waals surface area contributed by atoms with Crippen molar-refractivity contribution < 1.29 is 4.42 Å². The Morgan fingerprint density at radius 3 is 2.25 bits per heavy atom. The van der Waals surface area contributed by atoms with Crippen LogP contribution in [-0.2, 0) is 12.2 Å². The maximum atomic E-state index is 5.88. The standard InChI is InChI=1S/C25H21N5OS/c1-18-12-14-20(15-13-18)24-28-27-23(31-24)17-32-25-29-26-22(16-19-8-4-2-5-9-19)30(25)21-10-6-3-7-11-21/h2-15H,16-17H2,1H3. The summed E-state index contributed by atoms with van der Waals surface area (Å²) in [5.74, 6) is 2.47. The average Bonchev–Trinajstić information content (AvgIpc) is 3.47. The highest BCUT2D eigenvalue weighted by molar-refractivity contribution is 7.98. The first-order chi connectivity index (χ1) is 15.8. The summed E-state index contributed by atoms with van der Waals surface area (Å²) in [5.41, 5.74) is 4.32. The van der Waals surface area contributed by atoms with E-state index in [9.17, 15) is 0 Å². The van der Waals surface area contributed by atoms with Crippen molar-refractivity contribution in [2.24, 2.45) is 0 Å². The van der Waals surface area contributed by atoms with Gasteiger partial charge in [-0.05, 0) is 36.8 Å². The number of para-hydroxylation sites is 1. The average molecular weight is 440 g/mol. The fourth-order valence-corrected chi connectivity index (χ4v) is 4.18. The molecule has 0 fully saturated rings. The van der Waals surface area contributed by atoms with Crippen LogP contribution in [-0.4, -0.2) is 25.0 Å². The number of nitrogens with zero attached hydrogens (tertiary/aromatic N) is 5. The second-order valence-electron chi connectivity index (χ2n) is 7.39. The minimum Gasteiger partial charge on any atom is -0.420 e. The topological polar surface area (TPSA) is 69.6 Å². The van der Waals surface area contributed by atoms with Crippen LogP contribution in [0.15, 0.2) is 94.5 Å². The van der Waals surface area contributed by atoms with Gasteiger partial charge in [-0.25, -0.2) is 0 Å². The van der Waals surface area contributed by atoms with Crippen molar-refractivity contribution in [2.75, 3.05) is 0 Å². The number of hydrogen-bond acceptors (Lipinski definition) is 6. The van der Waals surface area contributed by atoms with Gasteiger partial charge in [0.1, 0.15) is 5.82 Å². The summed E-state index contributed by atoms with van der Waals surface area (Å²) in [4.78, 5) is 0. The second-order valence-corrected chi connectivity index (χ2v) is 8.33. The molecule has 0 bridgehead atoms. The molecule has 32 heavy (non-hydrogen) atoms. The molecular weight excluding hydrogens is 418 g/mol. The first-order valence-corrected chi connectivity index (χ1v) is 11.3. The lowest BCUT2D eigenvalue weighted by molar-refractivity contribution is 0.528. The van der Waals surface area contributed by atoms with E-state index in [-0.39, 0.29) is 0 Å². The largest absolute Gasteiger partial charge is 0.420 e. The molecule has 3 aromatic carbocycles. The molecule has 0 atom stereocenters. The van der Waals surface area contributed by atoms with Crippen molar-refractivity contribution in [2.45, 2.75) is 24.3 Å². The summed E-state index contributed by atoms with van der Waals surface area (Å²) in [5, 5.41) is 18.1. The molecule has 2 heterocycles. The number of aryl methyl sites for hydroxylation is 1. The van der Waals surface area contributed by atoms with E-state index in [1.54, 1.807) is 0 Å². The fraction of sp³-hybridized carbons (Fsp3) is 0.120. The van der Waals surface area contributed by atoms with Gasteiger partial charge in [-0.15, -0.1) is 20.4 Å². The van der Waals surface area contributed by atoms with Crippen LogP contribution in [0.5, 0.6) is 0 Å². The van der Waals surface area contributed by atoms with Crippen LogP contribution in [0, 0.1) is 6.92 Å². The van der Waals surface area contributed by atoms with E-state index in [2.05, 4.69) is 56.2 Å². The van der Waals surface area contributed by atoms with E-state index < -0.39 is 0 Å². The Bertz CT molecular complexity index is 1300. The van der Waals surface area contributed by atoms with Crippen molar-refractivity contribution in [3.8, 4) is 17.1 Å². The van der Waals surface area contributed by atoms with Gasteiger partial charge >= 0.3 is 0 Å². The molecule has 0 aliphatic rings. The maximum absolute atomic E-state index is 5.88. The Morgan fingerprint density at radius 2 is 1.50 bits per heavy atom. The Balaban J connectivity index is 1.38. The molecule has 158 valence electrons. The smallest absolute Gasteiger partial charge is 0.247 e. The lowest BCUT2D eigenvalue weighted by atomic mass is 10.1. The molecular formula is C25H21N5OS. The molecule has 0 N–H and O–H groups in total. The monoisotopic (exact) mass is 439 g/mol. The summed E-state index contributed by atoms with van der Waals surface area (Å²) in [7, 11) is 0. The van der Waals surface area contributed by atoms with Gasteiger partial charge in [0.25, 0.3) is 0 Å². The lowest BCUT2D eigenvalue weighted by Gasteiger charge is -2.09. The molecule has 5 rings (SSSR count). The Hall–Kier alpha value is -3.71. The molecule has 0 unspecified atom stereocenters. The molecule has 0 spiro atoms. The Morgan fingerprint density at radius 1 is 0.781 bits per heavy atom. The van der Waals surface area contributed by atoms with E-state index in [0.29, 0.717) is 24.0 Å². The molecule has 0 saturated heterocycles. The third kappa shape index (κ3) is 4.48. The van der Waals surface area contributed by atoms with Crippen LogP contribution in [0.3, 0.4) is 0 Å². The summed E-state index contributed by atoms with van der Waals surface area (Å²) >= 11 is 1.53. The molecule has 0 saturated carbocycles. The van der Waals surface area contributed by atoms with E-state index in [0.717, 1.165) is 22.2 Å². The van der Waals surface area contributed by atoms with Gasteiger partial charge < -0.3 is 4.42 Å². The first kappa shape index (κ1) is 20.2. The fourth-order valence-electron chi connectivity index (χ4n) is 3.37. The van der Waals surface area contributed by atoms with Crippen molar-refractivity contribution in [1.29, 1.82) is 0 Å². The molecule has 0 amide bonds. The maximum Gasteiger partial charge on any atom is 0.247 e. The highest BCUT2D eigenvalue weighted by Gasteiger charge is 2.17. The van der Waals surface area contributed by atoms with Gasteiger partial charge in [0.05, 0.1) is 5.75 Å². The predicted molar refractivity (Wildman–Crippen MR) is 125 cm³/mol. The first-order valence-electron chi connectivity index (χ1n) is 10.3. The number of hydrogen-bond donors (Lipinski definition) is 0. The van der Waals surface area contributed by atoms with Gasteiger partial charge in [-0.2, -0.15) is 0 Å².